The molecule has 96 valence electrons. The van der Waals surface area contributed by atoms with Crippen LogP contribution in [-0.4, -0.2) is 29.3 Å². The van der Waals surface area contributed by atoms with E-state index in [0.717, 1.165) is 44.4 Å². The number of nitrogens with zero attached hydrogens (tertiary/aromatic N) is 2. The van der Waals surface area contributed by atoms with Gasteiger partial charge in [-0.05, 0) is 32.6 Å². The Balaban J connectivity index is 1.82. The van der Waals surface area contributed by atoms with E-state index >= 15 is 0 Å². The number of hydrogen-bond acceptors (Lipinski definition) is 3. The van der Waals surface area contributed by atoms with Crippen LogP contribution in [0.15, 0.2) is 6.20 Å². The zero-order chi connectivity index (χ0) is 12.1. The fourth-order valence-electron chi connectivity index (χ4n) is 2.01. The fourth-order valence-corrected chi connectivity index (χ4v) is 2.01. The smallest absolute Gasteiger partial charge is 0.105 e. The molecule has 0 amide bonds. The van der Waals surface area contributed by atoms with E-state index in [-0.39, 0.29) is 0 Å². The van der Waals surface area contributed by atoms with Crippen LogP contribution >= 0.6 is 0 Å². The molecule has 0 radical (unpaired) electrons. The second kappa shape index (κ2) is 6.17. The van der Waals surface area contributed by atoms with E-state index in [1.807, 2.05) is 6.20 Å². The predicted molar refractivity (Wildman–Crippen MR) is 67.9 cm³/mol. The van der Waals surface area contributed by atoms with Crippen molar-refractivity contribution in [3.8, 4) is 0 Å². The van der Waals surface area contributed by atoms with Gasteiger partial charge in [-0.15, -0.1) is 0 Å². The summed E-state index contributed by atoms with van der Waals surface area (Å²) in [5.74, 6) is 1.12. The number of hydrogen-bond donors (Lipinski definition) is 1. The number of imidazole rings is 1. The lowest BCUT2D eigenvalue weighted by molar-refractivity contribution is 0.191. The largest absolute Gasteiger partial charge is 0.385 e. The quantitative estimate of drug-likeness (QED) is 0.702. The van der Waals surface area contributed by atoms with Crippen molar-refractivity contribution in [3.05, 3.63) is 17.7 Å². The van der Waals surface area contributed by atoms with Crippen LogP contribution in [-0.2, 0) is 17.8 Å². The third-order valence-corrected chi connectivity index (χ3v) is 3.27. The van der Waals surface area contributed by atoms with Crippen molar-refractivity contribution in [1.29, 1.82) is 0 Å². The van der Waals surface area contributed by atoms with Crippen molar-refractivity contribution in [2.75, 3.05) is 13.7 Å². The van der Waals surface area contributed by atoms with Crippen LogP contribution in [0.25, 0.3) is 0 Å². The summed E-state index contributed by atoms with van der Waals surface area (Å²) in [6, 6.07) is 0.757. The Morgan fingerprint density at radius 2 is 2.29 bits per heavy atom. The van der Waals surface area contributed by atoms with Gasteiger partial charge in [-0.3, -0.25) is 0 Å². The SMILES string of the molecule is COCCCCn1c(CNC2CC2)cnc1C. The maximum Gasteiger partial charge on any atom is 0.105 e. The molecule has 0 atom stereocenters. The van der Waals surface area contributed by atoms with Crippen molar-refractivity contribution in [3.63, 3.8) is 0 Å². The van der Waals surface area contributed by atoms with E-state index in [4.69, 9.17) is 4.74 Å². The molecule has 2 rings (SSSR count). The molecule has 0 spiro atoms. The minimum atomic E-state index is 0.757. The van der Waals surface area contributed by atoms with Crippen LogP contribution in [0.1, 0.15) is 37.2 Å². The molecule has 1 saturated carbocycles. The molecule has 0 unspecified atom stereocenters. The van der Waals surface area contributed by atoms with Crippen LogP contribution in [0.4, 0.5) is 0 Å². The first-order chi connectivity index (χ1) is 8.31. The molecule has 0 bridgehead atoms. The van der Waals surface area contributed by atoms with E-state index in [0.29, 0.717) is 0 Å². The number of rotatable bonds is 8. The number of unbranched alkanes of at least 4 members (excludes halogenated alkanes) is 1. The summed E-state index contributed by atoms with van der Waals surface area (Å²) >= 11 is 0. The molecule has 1 heterocycles. The molecular weight excluding hydrogens is 214 g/mol. The maximum absolute atomic E-state index is 5.07. The van der Waals surface area contributed by atoms with Crippen LogP contribution in [0.3, 0.4) is 0 Å². The first kappa shape index (κ1) is 12.6. The van der Waals surface area contributed by atoms with Gasteiger partial charge in [0, 0.05) is 39.0 Å². The topological polar surface area (TPSA) is 39.1 Å². The summed E-state index contributed by atoms with van der Waals surface area (Å²) in [4.78, 5) is 4.41. The zero-order valence-electron chi connectivity index (χ0n) is 10.9. The van der Waals surface area contributed by atoms with Crippen molar-refractivity contribution in [2.45, 2.75) is 51.7 Å². The van der Waals surface area contributed by atoms with Gasteiger partial charge in [-0.1, -0.05) is 0 Å². The lowest BCUT2D eigenvalue weighted by Gasteiger charge is -2.10. The van der Waals surface area contributed by atoms with Gasteiger partial charge in [-0.25, -0.2) is 4.98 Å². The highest BCUT2D eigenvalue weighted by atomic mass is 16.5. The summed E-state index contributed by atoms with van der Waals surface area (Å²) < 4.78 is 7.40. The molecule has 4 heteroatoms. The highest BCUT2D eigenvalue weighted by Crippen LogP contribution is 2.19. The number of aromatic nitrogens is 2. The van der Waals surface area contributed by atoms with Gasteiger partial charge in [0.1, 0.15) is 5.82 Å². The maximum atomic E-state index is 5.07. The second-order valence-corrected chi connectivity index (χ2v) is 4.80. The summed E-state index contributed by atoms with van der Waals surface area (Å²) in [6.07, 6.45) is 6.94. The van der Waals surface area contributed by atoms with Gasteiger partial charge in [-0.2, -0.15) is 0 Å². The Morgan fingerprint density at radius 1 is 1.47 bits per heavy atom. The first-order valence-electron chi connectivity index (χ1n) is 6.54. The van der Waals surface area contributed by atoms with E-state index in [2.05, 4.69) is 21.8 Å². The Hall–Kier alpha value is -0.870. The zero-order valence-corrected chi connectivity index (χ0v) is 10.9. The lowest BCUT2D eigenvalue weighted by atomic mass is 10.3. The molecule has 1 aromatic rings. The average Bonchev–Trinajstić information content (AvgIpc) is 3.09. The molecule has 1 aliphatic rings. The van der Waals surface area contributed by atoms with E-state index in [9.17, 15) is 0 Å². The molecule has 0 aromatic carbocycles. The number of methoxy groups -OCH3 is 1. The molecule has 1 fully saturated rings. The van der Waals surface area contributed by atoms with Gasteiger partial charge in [0.15, 0.2) is 0 Å². The Morgan fingerprint density at radius 3 is 3.00 bits per heavy atom. The molecule has 17 heavy (non-hydrogen) atoms. The van der Waals surface area contributed by atoms with Crippen LogP contribution in [0.5, 0.6) is 0 Å². The Labute approximate surface area is 103 Å². The summed E-state index contributed by atoms with van der Waals surface area (Å²) in [5, 5.41) is 3.54. The monoisotopic (exact) mass is 237 g/mol. The molecule has 1 N–H and O–H groups in total. The number of ether oxygens (including phenoxy) is 1. The van der Waals surface area contributed by atoms with Crippen LogP contribution in [0.2, 0.25) is 0 Å². The van der Waals surface area contributed by atoms with Gasteiger partial charge in [0.2, 0.25) is 0 Å². The predicted octanol–water partition coefficient (Wildman–Crippen LogP) is 1.87. The van der Waals surface area contributed by atoms with E-state index in [1.165, 1.54) is 18.5 Å². The molecule has 4 nitrogen and oxygen atoms in total. The Bertz CT molecular complexity index is 344. The Kier molecular flexibility index (Phi) is 4.57. The van der Waals surface area contributed by atoms with Crippen molar-refractivity contribution >= 4 is 0 Å². The van der Waals surface area contributed by atoms with E-state index < -0.39 is 0 Å². The molecule has 1 aromatic heterocycles. The van der Waals surface area contributed by atoms with Crippen LogP contribution in [0, 0.1) is 6.92 Å². The lowest BCUT2D eigenvalue weighted by Crippen LogP contribution is -2.18. The highest BCUT2D eigenvalue weighted by Gasteiger charge is 2.20. The number of nitrogens with one attached hydrogen (secondary N) is 1. The van der Waals surface area contributed by atoms with Crippen LogP contribution < -0.4 is 5.32 Å². The van der Waals surface area contributed by atoms with Gasteiger partial charge >= 0.3 is 0 Å². The third-order valence-electron chi connectivity index (χ3n) is 3.27. The molecule has 0 aliphatic heterocycles. The van der Waals surface area contributed by atoms with Crippen molar-refractivity contribution in [1.82, 2.24) is 14.9 Å². The van der Waals surface area contributed by atoms with Gasteiger partial charge in [0.05, 0.1) is 5.69 Å². The van der Waals surface area contributed by atoms with Crippen molar-refractivity contribution in [2.24, 2.45) is 0 Å². The van der Waals surface area contributed by atoms with Gasteiger partial charge < -0.3 is 14.6 Å². The second-order valence-electron chi connectivity index (χ2n) is 4.80. The molecule has 1 aliphatic carbocycles. The number of aryl methyl sites for hydroxylation is 1. The van der Waals surface area contributed by atoms with E-state index in [1.54, 1.807) is 7.11 Å². The standard InChI is InChI=1S/C13H23N3O/c1-11-14-9-13(10-15-12-5-6-12)16(11)7-3-4-8-17-2/h9,12,15H,3-8,10H2,1-2H3. The third kappa shape index (κ3) is 3.82. The minimum Gasteiger partial charge on any atom is -0.385 e. The van der Waals surface area contributed by atoms with Crippen molar-refractivity contribution < 1.29 is 4.74 Å². The summed E-state index contributed by atoms with van der Waals surface area (Å²) in [7, 11) is 1.76. The molecular formula is C13H23N3O. The molecule has 0 saturated heterocycles. The fraction of sp³-hybridized carbons (Fsp3) is 0.769. The minimum absolute atomic E-state index is 0.757. The first-order valence-corrected chi connectivity index (χ1v) is 6.54. The normalized spacial score (nSPS) is 15.4. The highest BCUT2D eigenvalue weighted by molar-refractivity contribution is 5.05. The summed E-state index contributed by atoms with van der Waals surface area (Å²) in [5.41, 5.74) is 1.31. The average molecular weight is 237 g/mol. The summed E-state index contributed by atoms with van der Waals surface area (Å²) in [6.45, 7) is 4.94. The van der Waals surface area contributed by atoms with Gasteiger partial charge in [0.25, 0.3) is 0 Å².